The molecule has 0 N–H and O–H groups in total. The van der Waals surface area contributed by atoms with Crippen molar-refractivity contribution in [3.05, 3.63) is 12.7 Å². The lowest BCUT2D eigenvalue weighted by atomic mass is 10.4. The molecule has 0 aromatic heterocycles. The minimum Gasteiger partial charge on any atom is -0.462 e. The average molecular weight is 226 g/mol. The van der Waals surface area contributed by atoms with E-state index in [0.29, 0.717) is 0 Å². The molecule has 0 aromatic rings. The van der Waals surface area contributed by atoms with E-state index >= 15 is 0 Å². The van der Waals surface area contributed by atoms with Crippen LogP contribution in [0.4, 0.5) is 13.2 Å². The molecule has 0 radical (unpaired) electrons. The molecule has 0 saturated carbocycles. The maximum Gasteiger partial charge on any atom is 0.422 e. The fourth-order valence-corrected chi connectivity index (χ4v) is 0.528. The molecule has 0 saturated heterocycles. The third kappa shape index (κ3) is 8.79. The molecule has 0 fully saturated rings. The zero-order valence-corrected chi connectivity index (χ0v) is 7.67. The number of esters is 2. The van der Waals surface area contributed by atoms with Crippen molar-refractivity contribution in [2.24, 2.45) is 0 Å². The Labute approximate surface area is 83.7 Å². The highest BCUT2D eigenvalue weighted by Gasteiger charge is 2.29. The van der Waals surface area contributed by atoms with Crippen molar-refractivity contribution in [3.63, 3.8) is 0 Å². The molecule has 0 atom stereocenters. The first kappa shape index (κ1) is 13.5. The number of hydrogen-bond acceptors (Lipinski definition) is 4. The summed E-state index contributed by atoms with van der Waals surface area (Å²) in [4.78, 5) is 21.1. The molecule has 0 aromatic carbocycles. The topological polar surface area (TPSA) is 52.6 Å². The van der Waals surface area contributed by atoms with Crippen LogP contribution in [0.1, 0.15) is 6.42 Å². The van der Waals surface area contributed by atoms with Crippen molar-refractivity contribution in [3.8, 4) is 0 Å². The number of ether oxygens (including phenoxy) is 2. The molecular weight excluding hydrogens is 217 g/mol. The SMILES string of the molecule is C=CC(=O)OCCC(=O)OCC(F)(F)F. The summed E-state index contributed by atoms with van der Waals surface area (Å²) in [6.45, 7) is 1.12. The molecule has 15 heavy (non-hydrogen) atoms. The number of rotatable bonds is 5. The second-order valence-corrected chi connectivity index (χ2v) is 2.40. The van der Waals surface area contributed by atoms with Gasteiger partial charge in [-0.25, -0.2) is 4.79 Å². The summed E-state index contributed by atoms with van der Waals surface area (Å²) in [6.07, 6.45) is -4.09. The van der Waals surface area contributed by atoms with Crippen molar-refractivity contribution >= 4 is 11.9 Å². The Bertz CT molecular complexity index is 247. The van der Waals surface area contributed by atoms with Crippen LogP contribution >= 0.6 is 0 Å². The fraction of sp³-hybridized carbons (Fsp3) is 0.500. The molecule has 0 aliphatic rings. The van der Waals surface area contributed by atoms with Crippen LogP contribution in [-0.2, 0) is 19.1 Å². The zero-order chi connectivity index (χ0) is 11.9. The Morgan fingerprint density at radius 2 is 1.87 bits per heavy atom. The first-order valence-corrected chi connectivity index (χ1v) is 3.86. The van der Waals surface area contributed by atoms with E-state index in [0.717, 1.165) is 6.08 Å². The highest BCUT2D eigenvalue weighted by atomic mass is 19.4. The van der Waals surface area contributed by atoms with Crippen molar-refractivity contribution in [2.75, 3.05) is 13.2 Å². The second kappa shape index (κ2) is 6.05. The minimum atomic E-state index is -4.55. The average Bonchev–Trinajstić information content (AvgIpc) is 2.13. The lowest BCUT2D eigenvalue weighted by Gasteiger charge is -2.07. The lowest BCUT2D eigenvalue weighted by molar-refractivity contribution is -0.187. The van der Waals surface area contributed by atoms with Gasteiger partial charge < -0.3 is 9.47 Å². The maximum absolute atomic E-state index is 11.5. The van der Waals surface area contributed by atoms with E-state index in [-0.39, 0.29) is 6.61 Å². The van der Waals surface area contributed by atoms with Crippen LogP contribution in [0.3, 0.4) is 0 Å². The smallest absolute Gasteiger partial charge is 0.422 e. The minimum absolute atomic E-state index is 0.332. The number of hydrogen-bond donors (Lipinski definition) is 0. The summed E-state index contributed by atoms with van der Waals surface area (Å²) in [6, 6.07) is 0. The van der Waals surface area contributed by atoms with Crippen molar-refractivity contribution in [1.29, 1.82) is 0 Å². The summed E-state index contributed by atoms with van der Waals surface area (Å²) in [5, 5.41) is 0. The van der Waals surface area contributed by atoms with Crippen LogP contribution in [0.25, 0.3) is 0 Å². The second-order valence-electron chi connectivity index (χ2n) is 2.40. The van der Waals surface area contributed by atoms with Crippen molar-refractivity contribution < 1.29 is 32.2 Å². The van der Waals surface area contributed by atoms with Crippen LogP contribution in [-0.4, -0.2) is 31.3 Å². The number of halogens is 3. The summed E-state index contributed by atoms with van der Waals surface area (Å²) < 4.78 is 42.8. The molecule has 0 unspecified atom stereocenters. The van der Waals surface area contributed by atoms with Gasteiger partial charge in [0, 0.05) is 6.08 Å². The van der Waals surface area contributed by atoms with Crippen molar-refractivity contribution in [2.45, 2.75) is 12.6 Å². The van der Waals surface area contributed by atoms with Crippen LogP contribution in [0, 0.1) is 0 Å². The normalized spacial score (nSPS) is 10.6. The van der Waals surface area contributed by atoms with Gasteiger partial charge in [-0.1, -0.05) is 6.58 Å². The molecule has 0 spiro atoms. The van der Waals surface area contributed by atoms with Crippen LogP contribution in [0.5, 0.6) is 0 Å². The van der Waals surface area contributed by atoms with E-state index in [4.69, 9.17) is 0 Å². The monoisotopic (exact) mass is 226 g/mol. The Morgan fingerprint density at radius 1 is 1.27 bits per heavy atom. The van der Waals surface area contributed by atoms with E-state index in [1.807, 2.05) is 0 Å². The molecule has 0 rings (SSSR count). The van der Waals surface area contributed by atoms with Gasteiger partial charge in [-0.15, -0.1) is 0 Å². The molecular formula is C8H9F3O4. The Morgan fingerprint density at radius 3 is 2.33 bits per heavy atom. The van der Waals surface area contributed by atoms with Gasteiger partial charge in [0.1, 0.15) is 6.61 Å². The van der Waals surface area contributed by atoms with Gasteiger partial charge in [0.05, 0.1) is 6.42 Å². The third-order valence-corrected chi connectivity index (χ3v) is 1.11. The molecule has 0 aliphatic heterocycles. The summed E-state index contributed by atoms with van der Waals surface area (Å²) in [5.41, 5.74) is 0. The van der Waals surface area contributed by atoms with Gasteiger partial charge in [-0.3, -0.25) is 4.79 Å². The maximum atomic E-state index is 11.5. The Kier molecular flexibility index (Phi) is 5.43. The van der Waals surface area contributed by atoms with Gasteiger partial charge in [-0.05, 0) is 0 Å². The molecule has 7 heteroatoms. The van der Waals surface area contributed by atoms with E-state index in [9.17, 15) is 22.8 Å². The standard InChI is InChI=1S/C8H9F3O4/c1-2-6(12)14-4-3-7(13)15-5-8(9,10)11/h2H,1,3-5H2. The molecule has 0 bridgehead atoms. The van der Waals surface area contributed by atoms with Crippen LogP contribution < -0.4 is 0 Å². The number of carbonyl (C=O) groups is 2. The zero-order valence-electron chi connectivity index (χ0n) is 7.67. The predicted molar refractivity (Wildman–Crippen MR) is 42.8 cm³/mol. The predicted octanol–water partition coefficient (Wildman–Crippen LogP) is 1.21. The quantitative estimate of drug-likeness (QED) is 0.522. The van der Waals surface area contributed by atoms with Crippen molar-refractivity contribution in [1.82, 2.24) is 0 Å². The Hall–Kier alpha value is -1.53. The van der Waals surface area contributed by atoms with Gasteiger partial charge in [-0.2, -0.15) is 13.2 Å². The number of alkyl halides is 3. The van der Waals surface area contributed by atoms with E-state index in [1.54, 1.807) is 0 Å². The first-order valence-electron chi connectivity index (χ1n) is 3.86. The van der Waals surface area contributed by atoms with Crippen LogP contribution in [0.15, 0.2) is 12.7 Å². The third-order valence-electron chi connectivity index (χ3n) is 1.11. The summed E-state index contributed by atoms with van der Waals surface area (Å²) >= 11 is 0. The molecule has 0 aliphatic carbocycles. The van der Waals surface area contributed by atoms with E-state index < -0.39 is 31.1 Å². The molecule has 86 valence electrons. The van der Waals surface area contributed by atoms with E-state index in [2.05, 4.69) is 16.1 Å². The van der Waals surface area contributed by atoms with Crippen LogP contribution in [0.2, 0.25) is 0 Å². The Balaban J connectivity index is 3.59. The first-order chi connectivity index (χ1) is 6.85. The molecule has 4 nitrogen and oxygen atoms in total. The lowest BCUT2D eigenvalue weighted by Crippen LogP contribution is -2.21. The highest BCUT2D eigenvalue weighted by molar-refractivity contribution is 5.81. The van der Waals surface area contributed by atoms with Gasteiger partial charge in [0.25, 0.3) is 0 Å². The fourth-order valence-electron chi connectivity index (χ4n) is 0.528. The largest absolute Gasteiger partial charge is 0.462 e. The summed E-state index contributed by atoms with van der Waals surface area (Å²) in [7, 11) is 0. The van der Waals surface area contributed by atoms with E-state index in [1.165, 1.54) is 0 Å². The highest BCUT2D eigenvalue weighted by Crippen LogP contribution is 2.14. The number of carbonyl (C=O) groups excluding carboxylic acids is 2. The summed E-state index contributed by atoms with van der Waals surface area (Å²) in [5.74, 6) is -1.83. The molecule has 0 amide bonds. The van der Waals surface area contributed by atoms with Gasteiger partial charge in [0.15, 0.2) is 6.61 Å². The van der Waals surface area contributed by atoms with Gasteiger partial charge in [0.2, 0.25) is 0 Å². The van der Waals surface area contributed by atoms with Gasteiger partial charge >= 0.3 is 18.1 Å². The molecule has 0 heterocycles.